The maximum atomic E-state index is 12.8. The molecule has 0 spiro atoms. The number of morpholine rings is 1. The zero-order valence-corrected chi connectivity index (χ0v) is 19.3. The van der Waals surface area contributed by atoms with Crippen LogP contribution in [0.5, 0.6) is 0 Å². The van der Waals surface area contributed by atoms with E-state index in [1.807, 2.05) is 31.3 Å². The summed E-state index contributed by atoms with van der Waals surface area (Å²) in [5.41, 5.74) is 2.30. The number of hydrogen-bond donors (Lipinski definition) is 1. The third-order valence-electron chi connectivity index (χ3n) is 5.06. The van der Waals surface area contributed by atoms with Gasteiger partial charge in [0.2, 0.25) is 0 Å². The van der Waals surface area contributed by atoms with E-state index in [4.69, 9.17) is 9.26 Å². The highest BCUT2D eigenvalue weighted by Crippen LogP contribution is 2.24. The van der Waals surface area contributed by atoms with Gasteiger partial charge in [-0.3, -0.25) is 4.79 Å². The lowest BCUT2D eigenvalue weighted by molar-refractivity contribution is -0.00546. The van der Waals surface area contributed by atoms with Gasteiger partial charge < -0.3 is 19.5 Å². The average molecular weight is 454 g/mol. The predicted molar refractivity (Wildman–Crippen MR) is 123 cm³/mol. The van der Waals surface area contributed by atoms with Crippen LogP contribution in [0.1, 0.15) is 41.2 Å². The van der Waals surface area contributed by atoms with Crippen molar-refractivity contribution in [3.8, 4) is 0 Å². The summed E-state index contributed by atoms with van der Waals surface area (Å²) in [6, 6.07) is 9.42. The highest BCUT2D eigenvalue weighted by atomic mass is 32.2. The van der Waals surface area contributed by atoms with Crippen molar-refractivity contribution < 1.29 is 14.1 Å². The number of ether oxygens (including phenoxy) is 1. The van der Waals surface area contributed by atoms with Crippen molar-refractivity contribution in [2.24, 2.45) is 0 Å². The Morgan fingerprint density at radius 2 is 2.03 bits per heavy atom. The Morgan fingerprint density at radius 3 is 2.72 bits per heavy atom. The standard InChI is InChI=1S/C23H27N5O3S/c1-15-9-19(27-31-15)14-32-23-20(5-4-8-24-23)22(29)26-11-18-6-7-21(25-10-18)28-12-16(2)30-17(3)13-28/h4-10,16-17H,11-14H2,1-3H3,(H,26,29). The summed E-state index contributed by atoms with van der Waals surface area (Å²) in [7, 11) is 0. The summed E-state index contributed by atoms with van der Waals surface area (Å²) >= 11 is 1.46. The van der Waals surface area contributed by atoms with Crippen molar-refractivity contribution in [3.05, 3.63) is 65.3 Å². The molecule has 1 fully saturated rings. The molecule has 2 unspecified atom stereocenters. The third kappa shape index (κ3) is 5.66. The van der Waals surface area contributed by atoms with E-state index >= 15 is 0 Å². The minimum atomic E-state index is -0.170. The molecule has 3 aromatic rings. The summed E-state index contributed by atoms with van der Waals surface area (Å²) in [5, 5.41) is 7.62. The van der Waals surface area contributed by atoms with Crippen molar-refractivity contribution in [2.75, 3.05) is 18.0 Å². The van der Waals surface area contributed by atoms with E-state index < -0.39 is 0 Å². The lowest BCUT2D eigenvalue weighted by Gasteiger charge is -2.36. The monoisotopic (exact) mass is 453 g/mol. The van der Waals surface area contributed by atoms with Crippen LogP contribution in [0.15, 0.2) is 52.3 Å². The van der Waals surface area contributed by atoms with Gasteiger partial charge in [0.05, 0.1) is 23.5 Å². The Hall–Kier alpha value is -2.91. The first-order chi connectivity index (χ1) is 15.5. The second-order valence-corrected chi connectivity index (χ2v) is 8.91. The Morgan fingerprint density at radius 1 is 1.22 bits per heavy atom. The van der Waals surface area contributed by atoms with E-state index in [-0.39, 0.29) is 18.1 Å². The number of thioether (sulfide) groups is 1. The average Bonchev–Trinajstić information content (AvgIpc) is 3.21. The van der Waals surface area contributed by atoms with Crippen LogP contribution in [-0.2, 0) is 17.0 Å². The summed E-state index contributed by atoms with van der Waals surface area (Å²) in [6.45, 7) is 8.04. The first kappa shape index (κ1) is 22.3. The van der Waals surface area contributed by atoms with Crippen LogP contribution in [0, 0.1) is 6.92 Å². The van der Waals surface area contributed by atoms with Crippen LogP contribution in [0.2, 0.25) is 0 Å². The second-order valence-electron chi connectivity index (χ2n) is 7.94. The Kier molecular flexibility index (Phi) is 7.06. The Labute approximate surface area is 191 Å². The van der Waals surface area contributed by atoms with Crippen molar-refractivity contribution in [3.63, 3.8) is 0 Å². The van der Waals surface area contributed by atoms with Crippen molar-refractivity contribution >= 4 is 23.5 Å². The number of amides is 1. The van der Waals surface area contributed by atoms with Gasteiger partial charge in [-0.2, -0.15) is 0 Å². The van der Waals surface area contributed by atoms with Gasteiger partial charge in [-0.1, -0.05) is 23.0 Å². The molecule has 1 saturated heterocycles. The number of hydrogen-bond acceptors (Lipinski definition) is 8. The largest absolute Gasteiger partial charge is 0.372 e. The number of anilines is 1. The van der Waals surface area contributed by atoms with Crippen molar-refractivity contribution in [2.45, 2.75) is 50.3 Å². The molecule has 1 amide bonds. The van der Waals surface area contributed by atoms with E-state index in [0.29, 0.717) is 22.9 Å². The van der Waals surface area contributed by atoms with Gasteiger partial charge >= 0.3 is 0 Å². The van der Waals surface area contributed by atoms with Gasteiger partial charge in [0, 0.05) is 43.8 Å². The maximum Gasteiger partial charge on any atom is 0.254 e. The van der Waals surface area contributed by atoms with Crippen LogP contribution >= 0.6 is 11.8 Å². The lowest BCUT2D eigenvalue weighted by atomic mass is 10.2. The topological polar surface area (TPSA) is 93.4 Å². The van der Waals surface area contributed by atoms with Crippen LogP contribution in [-0.4, -0.2) is 46.3 Å². The molecule has 2 atom stereocenters. The molecule has 0 radical (unpaired) electrons. The van der Waals surface area contributed by atoms with E-state index in [1.165, 1.54) is 11.8 Å². The van der Waals surface area contributed by atoms with Gasteiger partial charge in [0.15, 0.2) is 0 Å². The molecule has 4 rings (SSSR count). The van der Waals surface area contributed by atoms with Gasteiger partial charge in [0.25, 0.3) is 5.91 Å². The molecule has 168 valence electrons. The SMILES string of the molecule is Cc1cc(CSc2ncccc2C(=O)NCc2ccc(N3CC(C)OC(C)C3)nc2)no1. The van der Waals surface area contributed by atoms with E-state index in [2.05, 4.69) is 39.2 Å². The molecular weight excluding hydrogens is 426 g/mol. The zero-order chi connectivity index (χ0) is 22.5. The molecule has 1 N–H and O–H groups in total. The molecule has 8 nitrogen and oxygen atoms in total. The molecular formula is C23H27N5O3S. The molecule has 0 aliphatic carbocycles. The second kappa shape index (κ2) is 10.1. The fraction of sp³-hybridized carbons (Fsp3) is 0.391. The molecule has 0 aromatic carbocycles. The van der Waals surface area contributed by atoms with Gasteiger partial charge in [-0.25, -0.2) is 9.97 Å². The number of pyridine rings is 2. The Balaban J connectivity index is 1.34. The molecule has 3 aromatic heterocycles. The normalized spacial score (nSPS) is 18.5. The molecule has 0 bridgehead atoms. The molecule has 4 heterocycles. The molecule has 9 heteroatoms. The number of carbonyl (C=O) groups excluding carboxylic acids is 1. The molecule has 1 aliphatic heterocycles. The summed E-state index contributed by atoms with van der Waals surface area (Å²) < 4.78 is 10.9. The summed E-state index contributed by atoms with van der Waals surface area (Å²) in [6.07, 6.45) is 3.86. The number of aromatic nitrogens is 3. The molecule has 32 heavy (non-hydrogen) atoms. The van der Waals surface area contributed by atoms with Crippen LogP contribution in [0.3, 0.4) is 0 Å². The molecule has 0 saturated carbocycles. The fourth-order valence-electron chi connectivity index (χ4n) is 3.66. The number of aryl methyl sites for hydroxylation is 1. The first-order valence-electron chi connectivity index (χ1n) is 10.6. The van der Waals surface area contributed by atoms with Crippen LogP contribution in [0.4, 0.5) is 5.82 Å². The minimum absolute atomic E-state index is 0.170. The first-order valence-corrected chi connectivity index (χ1v) is 11.6. The van der Waals surface area contributed by atoms with Gasteiger partial charge in [-0.15, -0.1) is 0 Å². The summed E-state index contributed by atoms with van der Waals surface area (Å²) in [4.78, 5) is 24.0. The van der Waals surface area contributed by atoms with E-state index in [1.54, 1.807) is 18.3 Å². The van der Waals surface area contributed by atoms with Gasteiger partial charge in [-0.05, 0) is 44.5 Å². The van der Waals surface area contributed by atoms with E-state index in [9.17, 15) is 4.79 Å². The zero-order valence-electron chi connectivity index (χ0n) is 18.4. The Bertz CT molecular complexity index is 1050. The van der Waals surface area contributed by atoms with Crippen LogP contribution in [0.25, 0.3) is 0 Å². The van der Waals surface area contributed by atoms with Crippen molar-refractivity contribution in [1.82, 2.24) is 20.4 Å². The predicted octanol–water partition coefficient (Wildman–Crippen LogP) is 3.61. The fourth-order valence-corrected chi connectivity index (χ4v) is 4.53. The number of carbonyl (C=O) groups is 1. The number of nitrogens with zero attached hydrogens (tertiary/aromatic N) is 4. The smallest absolute Gasteiger partial charge is 0.254 e. The third-order valence-corrected chi connectivity index (χ3v) is 6.09. The van der Waals surface area contributed by atoms with Crippen molar-refractivity contribution in [1.29, 1.82) is 0 Å². The maximum absolute atomic E-state index is 12.8. The van der Waals surface area contributed by atoms with E-state index in [0.717, 1.165) is 35.9 Å². The summed E-state index contributed by atoms with van der Waals surface area (Å²) in [5.74, 6) is 2.10. The number of nitrogens with one attached hydrogen (secondary N) is 1. The minimum Gasteiger partial charge on any atom is -0.372 e. The molecule has 1 aliphatic rings. The highest BCUT2D eigenvalue weighted by molar-refractivity contribution is 7.98. The highest BCUT2D eigenvalue weighted by Gasteiger charge is 2.23. The lowest BCUT2D eigenvalue weighted by Crippen LogP contribution is -2.45. The van der Waals surface area contributed by atoms with Crippen LogP contribution < -0.4 is 10.2 Å². The quantitative estimate of drug-likeness (QED) is 0.543. The number of rotatable bonds is 7. The van der Waals surface area contributed by atoms with Gasteiger partial charge in [0.1, 0.15) is 16.6 Å².